The molecule has 0 saturated carbocycles. The van der Waals surface area contributed by atoms with Gasteiger partial charge in [0.15, 0.2) is 11.6 Å². The number of pyridine rings is 1. The fourth-order valence-electron chi connectivity index (χ4n) is 4.98. The van der Waals surface area contributed by atoms with Gasteiger partial charge in [-0.15, -0.1) is 0 Å². The highest BCUT2D eigenvalue weighted by atomic mass is 35.5. The Morgan fingerprint density at radius 2 is 1.66 bits per heavy atom. The lowest BCUT2D eigenvalue weighted by Gasteiger charge is -2.47. The molecule has 6 N–H and O–H groups in total. The monoisotopic (exact) mass is 592 g/mol. The molecule has 1 fully saturated rings. The second-order valence-electron chi connectivity index (χ2n) is 9.99. The number of aromatic nitrogens is 1. The minimum atomic E-state index is -0.704. The summed E-state index contributed by atoms with van der Waals surface area (Å²) in [5.41, 5.74) is 16.2. The summed E-state index contributed by atoms with van der Waals surface area (Å²) in [4.78, 5) is 6.61. The summed E-state index contributed by atoms with van der Waals surface area (Å²) >= 11 is 12.4. The number of halogens is 3. The molecule has 212 valence electrons. The van der Waals surface area contributed by atoms with Gasteiger partial charge in [0.2, 0.25) is 0 Å². The zero-order chi connectivity index (χ0) is 29.1. The van der Waals surface area contributed by atoms with Crippen LogP contribution in [0.1, 0.15) is 41.3 Å². The van der Waals surface area contributed by atoms with Gasteiger partial charge in [-0.1, -0.05) is 83.9 Å². The molecule has 41 heavy (non-hydrogen) atoms. The van der Waals surface area contributed by atoms with Gasteiger partial charge < -0.3 is 21.2 Å². The van der Waals surface area contributed by atoms with E-state index in [4.69, 9.17) is 45.2 Å². The van der Waals surface area contributed by atoms with Crippen LogP contribution < -0.4 is 22.0 Å². The van der Waals surface area contributed by atoms with Crippen molar-refractivity contribution < 1.29 is 9.13 Å². The van der Waals surface area contributed by atoms with Crippen molar-refractivity contribution in [3.63, 3.8) is 0 Å². The Kier molecular flexibility index (Phi) is 8.65. The summed E-state index contributed by atoms with van der Waals surface area (Å²) in [6.07, 6.45) is 2.52. The minimum absolute atomic E-state index is 0.0678. The number of nitrogens with zero attached hydrogens (tertiary/aromatic N) is 3. The third kappa shape index (κ3) is 6.26. The van der Waals surface area contributed by atoms with E-state index in [1.54, 1.807) is 30.4 Å². The number of nitrogen functional groups attached to an aromatic ring is 1. The molecule has 1 aliphatic rings. The zero-order valence-electron chi connectivity index (χ0n) is 22.4. The molecule has 2 heterocycles. The summed E-state index contributed by atoms with van der Waals surface area (Å²) in [6, 6.07) is 25.3. The molecule has 0 bridgehead atoms. The number of rotatable bonds is 9. The molecule has 0 aliphatic carbocycles. The lowest BCUT2D eigenvalue weighted by Crippen LogP contribution is -2.60. The van der Waals surface area contributed by atoms with Gasteiger partial charge in [-0.2, -0.15) is 0 Å². The van der Waals surface area contributed by atoms with Crippen molar-refractivity contribution in [2.75, 3.05) is 18.8 Å². The Balaban J connectivity index is 1.28. The largest absolute Gasteiger partial charge is 0.482 e. The molecule has 1 aromatic heterocycles. The maximum atomic E-state index is 14.0. The van der Waals surface area contributed by atoms with Crippen LogP contribution in [0, 0.1) is 5.82 Å². The Bertz CT molecular complexity index is 1490. The average Bonchev–Trinajstić information content (AvgIpc) is 2.94. The predicted molar refractivity (Wildman–Crippen MR) is 162 cm³/mol. The molecule has 1 aliphatic heterocycles. The first-order valence-corrected chi connectivity index (χ1v) is 13.9. The van der Waals surface area contributed by atoms with Crippen LogP contribution in [0.25, 0.3) is 5.70 Å². The quantitative estimate of drug-likeness (QED) is 0.121. The molecule has 5 rings (SSSR count). The number of ether oxygens (including phenoxy) is 1. The lowest BCUT2D eigenvalue weighted by molar-refractivity contribution is 0.0375. The molecule has 4 aromatic rings. The SMILES string of the molecule is CC(Oc1cc(/C(N)=C/N(N)C2CN(C(c3ccccc3)c3ccccc3)C2)cnc1N)c1c(Cl)ccc(F)c1Cl. The first-order valence-electron chi connectivity index (χ1n) is 13.1. The molecule has 3 aromatic carbocycles. The summed E-state index contributed by atoms with van der Waals surface area (Å²) in [6.45, 7) is 3.21. The summed E-state index contributed by atoms with van der Waals surface area (Å²) in [7, 11) is 0. The smallest absolute Gasteiger partial charge is 0.166 e. The molecule has 7 nitrogen and oxygen atoms in total. The van der Waals surface area contributed by atoms with Crippen molar-refractivity contribution in [3.05, 3.63) is 129 Å². The molecular weight excluding hydrogens is 562 g/mol. The number of hydrogen-bond donors (Lipinski definition) is 3. The number of likely N-dealkylation sites (tertiary alicyclic amines) is 1. The summed E-state index contributed by atoms with van der Waals surface area (Å²) in [5.74, 6) is 6.25. The molecule has 1 unspecified atom stereocenters. The van der Waals surface area contributed by atoms with Gasteiger partial charge in [-0.25, -0.2) is 15.2 Å². The van der Waals surface area contributed by atoms with Crippen molar-refractivity contribution >= 4 is 34.7 Å². The van der Waals surface area contributed by atoms with Gasteiger partial charge in [0.25, 0.3) is 0 Å². The van der Waals surface area contributed by atoms with Gasteiger partial charge in [0, 0.05) is 41.6 Å². The van der Waals surface area contributed by atoms with Crippen LogP contribution in [0.5, 0.6) is 5.75 Å². The average molecular weight is 594 g/mol. The normalized spacial score (nSPS) is 15.0. The van der Waals surface area contributed by atoms with E-state index in [1.165, 1.54) is 23.3 Å². The van der Waals surface area contributed by atoms with Gasteiger partial charge >= 0.3 is 0 Å². The first kappa shape index (κ1) is 28.7. The van der Waals surface area contributed by atoms with E-state index in [-0.39, 0.29) is 33.7 Å². The number of hydrazine groups is 1. The Morgan fingerprint density at radius 3 is 2.27 bits per heavy atom. The van der Waals surface area contributed by atoms with Crippen molar-refractivity contribution in [1.82, 2.24) is 14.9 Å². The summed E-state index contributed by atoms with van der Waals surface area (Å²) in [5, 5.41) is 1.80. The molecule has 1 atom stereocenters. The fraction of sp³-hybridized carbons (Fsp3) is 0.194. The van der Waals surface area contributed by atoms with Gasteiger partial charge in [0.05, 0.1) is 22.8 Å². The van der Waals surface area contributed by atoms with Crippen molar-refractivity contribution in [3.8, 4) is 5.75 Å². The van der Waals surface area contributed by atoms with Crippen LogP contribution in [-0.4, -0.2) is 34.0 Å². The van der Waals surface area contributed by atoms with E-state index >= 15 is 0 Å². The van der Waals surface area contributed by atoms with Crippen LogP contribution in [0.3, 0.4) is 0 Å². The van der Waals surface area contributed by atoms with Crippen molar-refractivity contribution in [2.45, 2.75) is 25.1 Å². The highest BCUT2D eigenvalue weighted by molar-refractivity contribution is 6.36. The van der Waals surface area contributed by atoms with Gasteiger partial charge in [-0.3, -0.25) is 4.90 Å². The number of hydrogen-bond acceptors (Lipinski definition) is 7. The molecule has 0 spiro atoms. The molecule has 0 radical (unpaired) electrons. The van der Waals surface area contributed by atoms with Crippen molar-refractivity contribution in [2.24, 2.45) is 11.6 Å². The van der Waals surface area contributed by atoms with E-state index in [0.29, 0.717) is 16.8 Å². The topological polar surface area (TPSA) is 107 Å². The fourth-order valence-corrected chi connectivity index (χ4v) is 5.66. The van der Waals surface area contributed by atoms with Crippen LogP contribution >= 0.6 is 23.2 Å². The molecule has 10 heteroatoms. The van der Waals surface area contributed by atoms with Crippen LogP contribution in [0.15, 0.2) is 91.3 Å². The number of nitrogens with two attached hydrogens (primary N) is 3. The Labute approximate surface area is 248 Å². The third-order valence-electron chi connectivity index (χ3n) is 7.20. The van der Waals surface area contributed by atoms with Gasteiger partial charge in [-0.05, 0) is 36.2 Å². The van der Waals surface area contributed by atoms with E-state index in [9.17, 15) is 4.39 Å². The molecule has 0 amide bonds. The van der Waals surface area contributed by atoms with E-state index in [1.807, 2.05) is 12.1 Å². The summed E-state index contributed by atoms with van der Waals surface area (Å²) < 4.78 is 20.0. The maximum Gasteiger partial charge on any atom is 0.166 e. The Morgan fingerprint density at radius 1 is 1.05 bits per heavy atom. The second kappa shape index (κ2) is 12.4. The van der Waals surface area contributed by atoms with E-state index < -0.39 is 11.9 Å². The van der Waals surface area contributed by atoms with Crippen molar-refractivity contribution in [1.29, 1.82) is 0 Å². The predicted octanol–water partition coefficient (Wildman–Crippen LogP) is 6.16. The molecule has 1 saturated heterocycles. The standard InChI is InChI=1S/C31H31Cl2FN6O/c1-19(28-24(32)12-13-25(34)29(28)33)41-27-14-22(15-38-31(27)36)26(35)18-40(37)23-16-39(17-23)30(20-8-4-2-5-9-20)21-10-6-3-7-11-21/h2-15,18-19,23,30H,16-17,35,37H2,1H3,(H2,36,38)/b26-18-. The first-order chi connectivity index (χ1) is 19.7. The maximum absolute atomic E-state index is 14.0. The lowest BCUT2D eigenvalue weighted by atomic mass is 9.93. The third-order valence-corrected chi connectivity index (χ3v) is 7.91. The van der Waals surface area contributed by atoms with E-state index in [2.05, 4.69) is 58.4 Å². The molecular formula is C31H31Cl2FN6O. The van der Waals surface area contributed by atoms with Gasteiger partial charge in [0.1, 0.15) is 11.9 Å². The minimum Gasteiger partial charge on any atom is -0.482 e. The van der Waals surface area contributed by atoms with Crippen LogP contribution in [-0.2, 0) is 0 Å². The number of anilines is 1. The Hall–Kier alpha value is -3.82. The highest BCUT2D eigenvalue weighted by Crippen LogP contribution is 2.37. The highest BCUT2D eigenvalue weighted by Gasteiger charge is 2.36. The van der Waals surface area contributed by atoms with E-state index in [0.717, 1.165) is 13.1 Å². The van der Waals surface area contributed by atoms with Crippen LogP contribution in [0.2, 0.25) is 10.0 Å². The second-order valence-corrected chi connectivity index (χ2v) is 10.8. The van der Waals surface area contributed by atoms with Crippen LogP contribution in [0.4, 0.5) is 10.2 Å². The zero-order valence-corrected chi connectivity index (χ0v) is 23.9. The number of benzene rings is 3.